The van der Waals surface area contributed by atoms with Crippen molar-refractivity contribution < 1.29 is 14.3 Å². The van der Waals surface area contributed by atoms with Gasteiger partial charge >= 0.3 is 0 Å². The van der Waals surface area contributed by atoms with Crippen LogP contribution < -0.4 is 5.32 Å². The molecule has 0 bridgehead atoms. The van der Waals surface area contributed by atoms with E-state index in [1.165, 1.54) is 11.3 Å². The summed E-state index contributed by atoms with van der Waals surface area (Å²) in [5, 5.41) is 3.07. The highest BCUT2D eigenvalue weighted by Gasteiger charge is 2.29. The Morgan fingerprint density at radius 1 is 1.43 bits per heavy atom. The van der Waals surface area contributed by atoms with E-state index in [4.69, 9.17) is 9.47 Å². The number of aryl methyl sites for hydroxylation is 1. The minimum Gasteiger partial charge on any atom is -0.379 e. The Morgan fingerprint density at radius 2 is 2.26 bits per heavy atom. The van der Waals surface area contributed by atoms with Crippen molar-refractivity contribution >= 4 is 17.2 Å². The number of nitrogens with zero attached hydrogens (tertiary/aromatic N) is 1. The monoisotopic (exact) mass is 332 g/mol. The Hall–Kier alpha value is -1.76. The Labute approximate surface area is 139 Å². The van der Waals surface area contributed by atoms with Crippen LogP contribution in [-0.2, 0) is 16.1 Å². The van der Waals surface area contributed by atoms with Crippen LogP contribution in [0, 0.1) is 6.92 Å². The number of hydrogen-bond acceptors (Lipinski definition) is 5. The first kappa shape index (κ1) is 16.1. The fraction of sp³-hybridized carbons (Fsp3) is 0.412. The summed E-state index contributed by atoms with van der Waals surface area (Å²) in [6.45, 7) is 3.50. The number of aromatic nitrogens is 1. The van der Waals surface area contributed by atoms with E-state index in [1.807, 2.05) is 37.3 Å². The summed E-state index contributed by atoms with van der Waals surface area (Å²) in [6.07, 6.45) is 0.615. The van der Waals surface area contributed by atoms with Gasteiger partial charge in [0.05, 0.1) is 30.5 Å². The van der Waals surface area contributed by atoms with Crippen molar-refractivity contribution in [1.29, 1.82) is 0 Å². The molecule has 1 aromatic carbocycles. The summed E-state index contributed by atoms with van der Waals surface area (Å²) in [6, 6.07) is 9.97. The van der Waals surface area contributed by atoms with E-state index in [-0.39, 0.29) is 18.1 Å². The van der Waals surface area contributed by atoms with Crippen LogP contribution in [0.4, 0.5) is 0 Å². The predicted molar refractivity (Wildman–Crippen MR) is 88.6 cm³/mol. The Kier molecular flexibility index (Phi) is 5.38. The fourth-order valence-electron chi connectivity index (χ4n) is 2.57. The molecule has 1 saturated heterocycles. The zero-order chi connectivity index (χ0) is 16.1. The molecule has 2 aromatic rings. The second kappa shape index (κ2) is 7.68. The van der Waals surface area contributed by atoms with Gasteiger partial charge in [0.1, 0.15) is 11.0 Å². The molecule has 2 heterocycles. The van der Waals surface area contributed by atoms with Gasteiger partial charge in [-0.2, -0.15) is 0 Å². The first-order valence-corrected chi connectivity index (χ1v) is 8.56. The van der Waals surface area contributed by atoms with E-state index in [2.05, 4.69) is 10.3 Å². The van der Waals surface area contributed by atoms with Gasteiger partial charge in [-0.25, -0.2) is 4.98 Å². The van der Waals surface area contributed by atoms with E-state index in [0.717, 1.165) is 17.7 Å². The standard InChI is InChI=1S/C17H20N2O3S/c1-12-16(23-11-18-12)17(20)19-14-7-8-21-10-15(14)22-9-13-5-3-2-4-6-13/h2-6,11,14-15H,7-10H2,1H3,(H,19,20)/t14-,15-/m1/s1. The highest BCUT2D eigenvalue weighted by atomic mass is 32.1. The molecule has 0 saturated carbocycles. The number of nitrogens with one attached hydrogen (secondary N) is 1. The third-order valence-corrected chi connectivity index (χ3v) is 4.81. The maximum absolute atomic E-state index is 12.4. The van der Waals surface area contributed by atoms with Crippen LogP contribution >= 0.6 is 11.3 Å². The maximum Gasteiger partial charge on any atom is 0.263 e. The van der Waals surface area contributed by atoms with Gasteiger partial charge in [0, 0.05) is 6.61 Å². The summed E-state index contributed by atoms with van der Waals surface area (Å²) in [4.78, 5) is 17.2. The Balaban J connectivity index is 1.60. The first-order valence-electron chi connectivity index (χ1n) is 7.68. The number of carbonyl (C=O) groups excluding carboxylic acids is 1. The van der Waals surface area contributed by atoms with Crippen molar-refractivity contribution in [3.05, 3.63) is 52.0 Å². The molecule has 1 aliphatic heterocycles. The third kappa shape index (κ3) is 4.16. The van der Waals surface area contributed by atoms with Crippen molar-refractivity contribution in [3.63, 3.8) is 0 Å². The quantitative estimate of drug-likeness (QED) is 0.914. The number of thiazole rings is 1. The van der Waals surface area contributed by atoms with Gasteiger partial charge in [-0.05, 0) is 18.9 Å². The first-order chi connectivity index (χ1) is 11.2. The lowest BCUT2D eigenvalue weighted by molar-refractivity contribution is -0.0735. The van der Waals surface area contributed by atoms with Crippen molar-refractivity contribution in [2.45, 2.75) is 32.1 Å². The predicted octanol–water partition coefficient (Wildman–Crippen LogP) is 2.56. The molecular weight excluding hydrogens is 312 g/mol. The highest BCUT2D eigenvalue weighted by Crippen LogP contribution is 2.17. The topological polar surface area (TPSA) is 60.5 Å². The zero-order valence-electron chi connectivity index (χ0n) is 13.0. The van der Waals surface area contributed by atoms with Gasteiger partial charge in [-0.1, -0.05) is 30.3 Å². The lowest BCUT2D eigenvalue weighted by Crippen LogP contribution is -2.49. The number of carbonyl (C=O) groups is 1. The average Bonchev–Trinajstić information content (AvgIpc) is 3.01. The van der Waals surface area contributed by atoms with Crippen molar-refractivity contribution in [1.82, 2.24) is 10.3 Å². The summed E-state index contributed by atoms with van der Waals surface area (Å²) < 4.78 is 11.5. The summed E-state index contributed by atoms with van der Waals surface area (Å²) in [5.41, 5.74) is 3.57. The molecule has 1 fully saturated rings. The summed E-state index contributed by atoms with van der Waals surface area (Å²) in [7, 11) is 0. The van der Waals surface area contributed by atoms with Crippen LogP contribution in [0.5, 0.6) is 0 Å². The molecule has 122 valence electrons. The second-order valence-electron chi connectivity index (χ2n) is 5.55. The van der Waals surface area contributed by atoms with Crippen LogP contribution in [0.25, 0.3) is 0 Å². The Bertz CT molecular complexity index is 644. The van der Waals surface area contributed by atoms with E-state index < -0.39 is 0 Å². The molecule has 3 rings (SSSR count). The number of hydrogen-bond donors (Lipinski definition) is 1. The highest BCUT2D eigenvalue weighted by molar-refractivity contribution is 7.11. The molecule has 2 atom stereocenters. The SMILES string of the molecule is Cc1ncsc1C(=O)N[C@@H]1CCOC[C@H]1OCc1ccccc1. The molecule has 0 unspecified atom stereocenters. The average molecular weight is 332 g/mol. The van der Waals surface area contributed by atoms with E-state index in [9.17, 15) is 4.79 Å². The molecule has 23 heavy (non-hydrogen) atoms. The number of ether oxygens (including phenoxy) is 2. The molecule has 6 heteroatoms. The van der Waals surface area contributed by atoms with Crippen LogP contribution in [0.3, 0.4) is 0 Å². The largest absolute Gasteiger partial charge is 0.379 e. The second-order valence-corrected chi connectivity index (χ2v) is 6.40. The number of amides is 1. The lowest BCUT2D eigenvalue weighted by Gasteiger charge is -2.32. The molecule has 0 spiro atoms. The molecule has 1 amide bonds. The lowest BCUT2D eigenvalue weighted by atomic mass is 10.1. The molecule has 0 aliphatic carbocycles. The van der Waals surface area contributed by atoms with Crippen molar-refractivity contribution in [3.8, 4) is 0 Å². The molecule has 1 aromatic heterocycles. The number of rotatable bonds is 5. The van der Waals surface area contributed by atoms with Gasteiger partial charge in [0.2, 0.25) is 0 Å². The van der Waals surface area contributed by atoms with Crippen molar-refractivity contribution in [2.24, 2.45) is 0 Å². The van der Waals surface area contributed by atoms with Crippen LogP contribution in [0.1, 0.15) is 27.3 Å². The normalized spacial score (nSPS) is 21.1. The van der Waals surface area contributed by atoms with Gasteiger partial charge in [-0.15, -0.1) is 11.3 Å². The van der Waals surface area contributed by atoms with Gasteiger partial charge in [-0.3, -0.25) is 4.79 Å². The maximum atomic E-state index is 12.4. The van der Waals surface area contributed by atoms with E-state index in [0.29, 0.717) is 24.7 Å². The molecular formula is C17H20N2O3S. The van der Waals surface area contributed by atoms with E-state index >= 15 is 0 Å². The minimum atomic E-state index is -0.138. The van der Waals surface area contributed by atoms with Gasteiger partial charge in [0.25, 0.3) is 5.91 Å². The number of benzene rings is 1. The van der Waals surface area contributed by atoms with Crippen LogP contribution in [-0.4, -0.2) is 36.3 Å². The van der Waals surface area contributed by atoms with E-state index in [1.54, 1.807) is 5.51 Å². The molecule has 1 N–H and O–H groups in total. The van der Waals surface area contributed by atoms with Gasteiger partial charge < -0.3 is 14.8 Å². The fourth-order valence-corrected chi connectivity index (χ4v) is 3.28. The zero-order valence-corrected chi connectivity index (χ0v) is 13.8. The molecule has 5 nitrogen and oxygen atoms in total. The summed E-state index contributed by atoms with van der Waals surface area (Å²) >= 11 is 1.36. The van der Waals surface area contributed by atoms with Crippen LogP contribution in [0.15, 0.2) is 35.8 Å². The van der Waals surface area contributed by atoms with Gasteiger partial charge in [0.15, 0.2) is 0 Å². The smallest absolute Gasteiger partial charge is 0.263 e. The van der Waals surface area contributed by atoms with Crippen molar-refractivity contribution in [2.75, 3.05) is 13.2 Å². The van der Waals surface area contributed by atoms with Crippen LogP contribution in [0.2, 0.25) is 0 Å². The third-order valence-electron chi connectivity index (χ3n) is 3.88. The summed E-state index contributed by atoms with van der Waals surface area (Å²) in [5.74, 6) is -0.0785. The molecule has 0 radical (unpaired) electrons. The Morgan fingerprint density at radius 3 is 3.00 bits per heavy atom. The minimum absolute atomic E-state index is 0.0403. The molecule has 1 aliphatic rings.